The zero-order chi connectivity index (χ0) is 21.8. The van der Waals surface area contributed by atoms with E-state index in [1.165, 1.54) is 39.2 Å². The van der Waals surface area contributed by atoms with Crippen LogP contribution in [0.5, 0.6) is 0 Å². The van der Waals surface area contributed by atoms with E-state index in [2.05, 4.69) is 34.6 Å². The molecule has 30 heavy (non-hydrogen) atoms. The van der Waals surface area contributed by atoms with E-state index in [4.69, 9.17) is 4.74 Å². The molecule has 4 aliphatic carbocycles. The lowest BCUT2D eigenvalue weighted by Crippen LogP contribution is -2.58. The first-order valence-corrected chi connectivity index (χ1v) is 12.9. The fraction of sp³-hybridized carbons (Fsp3) is 0.963. The SMILES string of the molecule is COC(=O)CCC(C)C1CCC2C3C(C)CC4C[C@H](O)CCC4(C)C3C[C@H](C)C12C. The summed E-state index contributed by atoms with van der Waals surface area (Å²) in [6, 6.07) is 0. The van der Waals surface area contributed by atoms with E-state index in [1.54, 1.807) is 0 Å². The van der Waals surface area contributed by atoms with E-state index in [1.807, 2.05) is 0 Å². The molecule has 11 atom stereocenters. The molecular formula is C27H46O3. The first kappa shape index (κ1) is 22.6. The molecule has 0 aromatic heterocycles. The summed E-state index contributed by atoms with van der Waals surface area (Å²) in [5, 5.41) is 10.4. The third kappa shape index (κ3) is 3.37. The molecule has 0 aliphatic heterocycles. The van der Waals surface area contributed by atoms with Gasteiger partial charge in [-0.15, -0.1) is 0 Å². The highest BCUT2D eigenvalue weighted by molar-refractivity contribution is 5.69. The van der Waals surface area contributed by atoms with E-state index >= 15 is 0 Å². The number of carbonyl (C=O) groups is 1. The van der Waals surface area contributed by atoms with Crippen LogP contribution in [0.1, 0.15) is 92.4 Å². The summed E-state index contributed by atoms with van der Waals surface area (Å²) in [4.78, 5) is 11.7. The minimum absolute atomic E-state index is 0.0577. The Balaban J connectivity index is 1.58. The van der Waals surface area contributed by atoms with Crippen molar-refractivity contribution in [3.8, 4) is 0 Å². The molecule has 0 heterocycles. The molecule has 4 aliphatic rings. The molecule has 1 N–H and O–H groups in total. The lowest BCUT2D eigenvalue weighted by atomic mass is 9.40. The van der Waals surface area contributed by atoms with Crippen molar-refractivity contribution in [1.29, 1.82) is 0 Å². The minimum Gasteiger partial charge on any atom is -0.469 e. The number of rotatable bonds is 4. The Morgan fingerprint density at radius 2 is 1.83 bits per heavy atom. The number of hydrogen-bond donors (Lipinski definition) is 1. The fourth-order valence-electron chi connectivity index (χ4n) is 9.57. The van der Waals surface area contributed by atoms with Crippen molar-refractivity contribution in [2.24, 2.45) is 58.2 Å². The van der Waals surface area contributed by atoms with E-state index in [-0.39, 0.29) is 12.1 Å². The summed E-state index contributed by atoms with van der Waals surface area (Å²) in [5.74, 6) is 6.00. The van der Waals surface area contributed by atoms with Crippen molar-refractivity contribution in [3.05, 3.63) is 0 Å². The zero-order valence-electron chi connectivity index (χ0n) is 20.3. The number of methoxy groups -OCH3 is 1. The summed E-state index contributed by atoms with van der Waals surface area (Å²) in [6.45, 7) is 12.7. The first-order valence-electron chi connectivity index (χ1n) is 12.9. The van der Waals surface area contributed by atoms with Gasteiger partial charge in [-0.05, 0) is 110 Å². The number of aliphatic hydroxyl groups is 1. The van der Waals surface area contributed by atoms with Crippen molar-refractivity contribution in [1.82, 2.24) is 0 Å². The molecule has 4 rings (SSSR count). The van der Waals surface area contributed by atoms with Crippen LogP contribution in [-0.2, 0) is 9.53 Å². The number of hydrogen-bond acceptors (Lipinski definition) is 3. The summed E-state index contributed by atoms with van der Waals surface area (Å²) >= 11 is 0. The van der Waals surface area contributed by atoms with Gasteiger partial charge in [-0.1, -0.05) is 34.6 Å². The van der Waals surface area contributed by atoms with Gasteiger partial charge in [-0.2, -0.15) is 0 Å². The Labute approximate surface area is 184 Å². The Hall–Kier alpha value is -0.570. The molecule has 0 aromatic rings. The van der Waals surface area contributed by atoms with E-state index in [0.29, 0.717) is 29.1 Å². The van der Waals surface area contributed by atoms with Crippen LogP contribution in [0.3, 0.4) is 0 Å². The molecule has 4 saturated carbocycles. The average molecular weight is 419 g/mol. The van der Waals surface area contributed by atoms with Gasteiger partial charge >= 0.3 is 5.97 Å². The second-order valence-corrected chi connectivity index (χ2v) is 12.4. The van der Waals surface area contributed by atoms with E-state index < -0.39 is 0 Å². The molecule has 0 radical (unpaired) electrons. The van der Waals surface area contributed by atoms with Crippen molar-refractivity contribution in [3.63, 3.8) is 0 Å². The smallest absolute Gasteiger partial charge is 0.305 e. The molecule has 0 amide bonds. The van der Waals surface area contributed by atoms with Crippen molar-refractivity contribution in [2.75, 3.05) is 7.11 Å². The molecule has 4 fully saturated rings. The van der Waals surface area contributed by atoms with Crippen LogP contribution < -0.4 is 0 Å². The molecule has 3 heteroatoms. The van der Waals surface area contributed by atoms with Gasteiger partial charge in [0.25, 0.3) is 0 Å². The second kappa shape index (κ2) is 8.09. The Morgan fingerprint density at radius 3 is 2.53 bits per heavy atom. The maximum Gasteiger partial charge on any atom is 0.305 e. The topological polar surface area (TPSA) is 46.5 Å². The molecule has 0 aromatic carbocycles. The van der Waals surface area contributed by atoms with E-state index in [9.17, 15) is 9.90 Å². The van der Waals surface area contributed by atoms with Crippen molar-refractivity contribution in [2.45, 2.75) is 98.5 Å². The number of aliphatic hydroxyl groups excluding tert-OH is 1. The first-order chi connectivity index (χ1) is 14.1. The number of fused-ring (bicyclic) bond motifs is 5. The average Bonchev–Trinajstić information content (AvgIpc) is 3.06. The highest BCUT2D eigenvalue weighted by Gasteiger charge is 2.64. The van der Waals surface area contributed by atoms with Crippen LogP contribution in [-0.4, -0.2) is 24.3 Å². The van der Waals surface area contributed by atoms with Gasteiger partial charge in [0.15, 0.2) is 0 Å². The molecule has 0 saturated heterocycles. The van der Waals surface area contributed by atoms with Crippen LogP contribution in [0.2, 0.25) is 0 Å². The van der Waals surface area contributed by atoms with Crippen molar-refractivity contribution >= 4 is 5.97 Å². The summed E-state index contributed by atoms with van der Waals surface area (Å²) in [7, 11) is 1.51. The molecule has 9 unspecified atom stereocenters. The summed E-state index contributed by atoms with van der Waals surface area (Å²) in [6.07, 6.45) is 10.1. The van der Waals surface area contributed by atoms with Gasteiger partial charge in [-0.3, -0.25) is 4.79 Å². The van der Waals surface area contributed by atoms with Crippen molar-refractivity contribution < 1.29 is 14.6 Å². The maximum atomic E-state index is 11.7. The van der Waals surface area contributed by atoms with Gasteiger partial charge in [0.05, 0.1) is 13.2 Å². The predicted molar refractivity (Wildman–Crippen MR) is 121 cm³/mol. The highest BCUT2D eigenvalue weighted by atomic mass is 16.5. The number of esters is 1. The Bertz CT molecular complexity index is 646. The number of ether oxygens (including phenoxy) is 1. The van der Waals surface area contributed by atoms with Crippen LogP contribution >= 0.6 is 0 Å². The minimum atomic E-state index is -0.0652. The summed E-state index contributed by atoms with van der Waals surface area (Å²) < 4.78 is 4.91. The molecule has 0 spiro atoms. The van der Waals surface area contributed by atoms with Crippen LogP contribution in [0, 0.1) is 58.2 Å². The highest BCUT2D eigenvalue weighted by Crippen LogP contribution is 2.70. The normalized spacial score (nSPS) is 51.4. The van der Waals surface area contributed by atoms with Gasteiger partial charge in [0, 0.05) is 6.42 Å². The Morgan fingerprint density at radius 1 is 1.10 bits per heavy atom. The third-order valence-electron chi connectivity index (χ3n) is 11.4. The lowest BCUT2D eigenvalue weighted by molar-refractivity contribution is -0.168. The van der Waals surface area contributed by atoms with Gasteiger partial charge in [0.2, 0.25) is 0 Å². The number of carbonyl (C=O) groups excluding carboxylic acids is 1. The standard InChI is InChI=1S/C27H46O3/c1-16(7-10-24(29)30-6)21-8-9-22-25-17(2)13-19-15-20(28)11-12-26(19,4)23(25)14-18(3)27(21,22)5/h16-23,25,28H,7-15H2,1-6H3/t16?,17?,18-,19?,20+,21?,22?,23?,25?,26?,27?/m0/s1. The summed E-state index contributed by atoms with van der Waals surface area (Å²) in [5.41, 5.74) is 0.836. The lowest BCUT2D eigenvalue weighted by Gasteiger charge is -2.64. The van der Waals surface area contributed by atoms with Crippen LogP contribution in [0.4, 0.5) is 0 Å². The van der Waals surface area contributed by atoms with Gasteiger partial charge < -0.3 is 9.84 Å². The quantitative estimate of drug-likeness (QED) is 0.562. The molecule has 0 bridgehead atoms. The van der Waals surface area contributed by atoms with E-state index in [0.717, 1.165) is 54.8 Å². The zero-order valence-corrected chi connectivity index (χ0v) is 20.3. The Kier molecular flexibility index (Phi) is 6.10. The van der Waals surface area contributed by atoms with Crippen LogP contribution in [0.15, 0.2) is 0 Å². The second-order valence-electron chi connectivity index (χ2n) is 12.4. The van der Waals surface area contributed by atoms with Crippen LogP contribution in [0.25, 0.3) is 0 Å². The monoisotopic (exact) mass is 418 g/mol. The van der Waals surface area contributed by atoms with Gasteiger partial charge in [-0.25, -0.2) is 0 Å². The molecular weight excluding hydrogens is 372 g/mol. The third-order valence-corrected chi connectivity index (χ3v) is 11.4. The largest absolute Gasteiger partial charge is 0.469 e. The van der Waals surface area contributed by atoms with Gasteiger partial charge in [0.1, 0.15) is 0 Å². The predicted octanol–water partition coefficient (Wildman–Crippen LogP) is 6.09. The fourth-order valence-corrected chi connectivity index (χ4v) is 9.57. The molecule has 3 nitrogen and oxygen atoms in total. The maximum absolute atomic E-state index is 11.7. The molecule has 172 valence electrons.